The van der Waals surface area contributed by atoms with Gasteiger partial charge in [-0.15, -0.1) is 0 Å². The molecule has 1 aliphatic heterocycles. The quantitative estimate of drug-likeness (QED) is 0.858. The minimum atomic E-state index is 0.124. The first kappa shape index (κ1) is 17.5. The van der Waals surface area contributed by atoms with Gasteiger partial charge < -0.3 is 9.64 Å². The minimum Gasteiger partial charge on any atom is -0.496 e. The fraction of sp³-hybridized carbons (Fsp3) is 0.500. The summed E-state index contributed by atoms with van der Waals surface area (Å²) < 4.78 is 7.25. The summed E-state index contributed by atoms with van der Waals surface area (Å²) in [6.07, 6.45) is 3.07. The number of rotatable bonds is 4. The highest BCUT2D eigenvalue weighted by atomic mass is 16.5. The maximum atomic E-state index is 12.9. The van der Waals surface area contributed by atoms with Crippen LogP contribution in [-0.2, 0) is 13.5 Å². The summed E-state index contributed by atoms with van der Waals surface area (Å²) in [7, 11) is 3.61. The van der Waals surface area contributed by atoms with Crippen LogP contribution in [0.15, 0.2) is 24.3 Å². The van der Waals surface area contributed by atoms with Crippen LogP contribution in [0.3, 0.4) is 0 Å². The molecule has 1 aliphatic rings. The molecule has 0 N–H and O–H groups in total. The van der Waals surface area contributed by atoms with Crippen molar-refractivity contribution in [2.24, 2.45) is 13.0 Å². The van der Waals surface area contributed by atoms with Crippen molar-refractivity contribution >= 4 is 5.91 Å². The fourth-order valence-corrected chi connectivity index (χ4v) is 3.76. The molecule has 0 saturated carbocycles. The molecular formula is C20H27N3O2. The van der Waals surface area contributed by atoms with Gasteiger partial charge in [0.2, 0.25) is 0 Å². The van der Waals surface area contributed by atoms with E-state index in [-0.39, 0.29) is 5.91 Å². The Morgan fingerprint density at radius 3 is 2.52 bits per heavy atom. The Labute approximate surface area is 149 Å². The number of hydrogen-bond acceptors (Lipinski definition) is 3. The monoisotopic (exact) mass is 341 g/mol. The number of ether oxygens (including phenoxy) is 1. The second kappa shape index (κ2) is 7.30. The molecule has 1 saturated heterocycles. The van der Waals surface area contributed by atoms with Gasteiger partial charge in [0.25, 0.3) is 5.91 Å². The lowest BCUT2D eigenvalue weighted by atomic mass is 9.89. The van der Waals surface area contributed by atoms with E-state index in [1.807, 2.05) is 37.9 Å². The number of benzene rings is 1. The number of methoxy groups -OCH3 is 1. The van der Waals surface area contributed by atoms with Crippen molar-refractivity contribution in [1.29, 1.82) is 0 Å². The number of para-hydroxylation sites is 1. The van der Waals surface area contributed by atoms with Crippen LogP contribution in [-0.4, -0.2) is 40.8 Å². The standard InChI is InChI=1S/C20H27N3O2/c1-14-19(15(2)22(3)21-14)20(24)23-11-9-16(10-12-23)13-17-7-5-6-8-18(17)25-4/h5-8,16H,9-13H2,1-4H3. The summed E-state index contributed by atoms with van der Waals surface area (Å²) >= 11 is 0. The van der Waals surface area contributed by atoms with Gasteiger partial charge in [0, 0.05) is 25.8 Å². The number of aromatic nitrogens is 2. The summed E-state index contributed by atoms with van der Waals surface area (Å²) in [5.74, 6) is 1.68. The maximum absolute atomic E-state index is 12.9. The Morgan fingerprint density at radius 2 is 1.92 bits per heavy atom. The van der Waals surface area contributed by atoms with Gasteiger partial charge >= 0.3 is 0 Å². The predicted molar refractivity (Wildman–Crippen MR) is 98.0 cm³/mol. The summed E-state index contributed by atoms with van der Waals surface area (Å²) in [6.45, 7) is 5.50. The first-order valence-corrected chi connectivity index (χ1v) is 8.92. The van der Waals surface area contributed by atoms with Crippen LogP contribution >= 0.6 is 0 Å². The molecular weight excluding hydrogens is 314 g/mol. The number of carbonyl (C=O) groups excluding carboxylic acids is 1. The molecule has 1 amide bonds. The molecule has 0 aliphatic carbocycles. The Hall–Kier alpha value is -2.30. The highest BCUT2D eigenvalue weighted by Gasteiger charge is 2.27. The molecule has 1 fully saturated rings. The highest BCUT2D eigenvalue weighted by Crippen LogP contribution is 2.27. The number of hydrogen-bond donors (Lipinski definition) is 0. The van der Waals surface area contributed by atoms with Crippen molar-refractivity contribution in [3.8, 4) is 5.75 Å². The largest absolute Gasteiger partial charge is 0.496 e. The zero-order valence-corrected chi connectivity index (χ0v) is 15.6. The lowest BCUT2D eigenvalue weighted by Crippen LogP contribution is -2.39. The molecule has 2 aromatic rings. The highest BCUT2D eigenvalue weighted by molar-refractivity contribution is 5.96. The molecule has 25 heavy (non-hydrogen) atoms. The average Bonchev–Trinajstić information content (AvgIpc) is 2.87. The molecule has 1 aromatic heterocycles. The van der Waals surface area contributed by atoms with Gasteiger partial charge in [-0.3, -0.25) is 9.48 Å². The van der Waals surface area contributed by atoms with Crippen LogP contribution in [0.5, 0.6) is 5.75 Å². The fourth-order valence-electron chi connectivity index (χ4n) is 3.76. The van der Waals surface area contributed by atoms with Gasteiger partial charge in [0.15, 0.2) is 0 Å². The minimum absolute atomic E-state index is 0.124. The van der Waals surface area contributed by atoms with Gasteiger partial charge in [-0.2, -0.15) is 5.10 Å². The van der Waals surface area contributed by atoms with Crippen LogP contribution < -0.4 is 4.74 Å². The van der Waals surface area contributed by atoms with Crippen molar-refractivity contribution in [1.82, 2.24) is 14.7 Å². The van der Waals surface area contributed by atoms with Crippen LogP contribution in [0.25, 0.3) is 0 Å². The molecule has 5 heteroatoms. The molecule has 134 valence electrons. The zero-order valence-electron chi connectivity index (χ0n) is 15.6. The average molecular weight is 341 g/mol. The second-order valence-electron chi connectivity index (χ2n) is 6.92. The van der Waals surface area contributed by atoms with E-state index in [1.165, 1.54) is 5.56 Å². The first-order chi connectivity index (χ1) is 12.0. The Bertz CT molecular complexity index is 758. The normalized spacial score (nSPS) is 15.4. The molecule has 0 spiro atoms. The van der Waals surface area contributed by atoms with Gasteiger partial charge in [-0.1, -0.05) is 18.2 Å². The molecule has 0 bridgehead atoms. The lowest BCUT2D eigenvalue weighted by Gasteiger charge is -2.32. The number of likely N-dealkylation sites (tertiary alicyclic amines) is 1. The molecule has 1 aromatic carbocycles. The third-order valence-corrected chi connectivity index (χ3v) is 5.33. The molecule has 5 nitrogen and oxygen atoms in total. The predicted octanol–water partition coefficient (Wildman–Crippen LogP) is 3.14. The number of piperidine rings is 1. The SMILES string of the molecule is COc1ccccc1CC1CCN(C(=O)c2c(C)nn(C)c2C)CC1. The zero-order chi connectivity index (χ0) is 18.0. The van der Waals surface area contributed by atoms with Gasteiger partial charge in [0.1, 0.15) is 5.75 Å². The second-order valence-corrected chi connectivity index (χ2v) is 6.92. The topological polar surface area (TPSA) is 47.4 Å². The van der Waals surface area contributed by atoms with Crippen molar-refractivity contribution < 1.29 is 9.53 Å². The van der Waals surface area contributed by atoms with Gasteiger partial charge in [0.05, 0.1) is 18.4 Å². The molecule has 3 rings (SSSR count). The Kier molecular flexibility index (Phi) is 5.11. The first-order valence-electron chi connectivity index (χ1n) is 8.92. The van der Waals surface area contributed by atoms with Crippen LogP contribution in [0.1, 0.15) is 40.2 Å². The number of carbonyl (C=O) groups is 1. The van der Waals surface area contributed by atoms with E-state index in [9.17, 15) is 4.79 Å². The van der Waals surface area contributed by atoms with E-state index < -0.39 is 0 Å². The summed E-state index contributed by atoms with van der Waals surface area (Å²) in [4.78, 5) is 14.9. The molecule has 0 radical (unpaired) electrons. The lowest BCUT2D eigenvalue weighted by molar-refractivity contribution is 0.0688. The summed E-state index contributed by atoms with van der Waals surface area (Å²) in [5.41, 5.74) is 3.79. The summed E-state index contributed by atoms with van der Waals surface area (Å²) in [6, 6.07) is 8.22. The Balaban J connectivity index is 1.63. The molecule has 0 atom stereocenters. The summed E-state index contributed by atoms with van der Waals surface area (Å²) in [5, 5.41) is 4.37. The van der Waals surface area contributed by atoms with E-state index in [2.05, 4.69) is 17.2 Å². The van der Waals surface area contributed by atoms with E-state index in [0.29, 0.717) is 5.92 Å². The van der Waals surface area contributed by atoms with Crippen LogP contribution in [0, 0.1) is 19.8 Å². The van der Waals surface area contributed by atoms with Crippen molar-refractivity contribution in [2.75, 3.05) is 20.2 Å². The van der Waals surface area contributed by atoms with E-state index in [0.717, 1.165) is 55.1 Å². The molecule has 0 unspecified atom stereocenters. The van der Waals surface area contributed by atoms with E-state index >= 15 is 0 Å². The van der Waals surface area contributed by atoms with Gasteiger partial charge in [-0.05, 0) is 50.7 Å². The number of aryl methyl sites for hydroxylation is 2. The van der Waals surface area contributed by atoms with Crippen molar-refractivity contribution in [3.05, 3.63) is 46.8 Å². The van der Waals surface area contributed by atoms with Crippen molar-refractivity contribution in [3.63, 3.8) is 0 Å². The maximum Gasteiger partial charge on any atom is 0.257 e. The number of amides is 1. The van der Waals surface area contributed by atoms with E-state index in [4.69, 9.17) is 4.74 Å². The third-order valence-electron chi connectivity index (χ3n) is 5.33. The van der Waals surface area contributed by atoms with Crippen LogP contribution in [0.4, 0.5) is 0 Å². The number of nitrogens with zero attached hydrogens (tertiary/aromatic N) is 3. The van der Waals surface area contributed by atoms with E-state index in [1.54, 1.807) is 11.8 Å². The molecule has 2 heterocycles. The Morgan fingerprint density at radius 1 is 1.24 bits per heavy atom. The third kappa shape index (κ3) is 3.55. The van der Waals surface area contributed by atoms with Crippen LogP contribution in [0.2, 0.25) is 0 Å². The smallest absolute Gasteiger partial charge is 0.257 e. The van der Waals surface area contributed by atoms with Gasteiger partial charge in [-0.25, -0.2) is 0 Å². The van der Waals surface area contributed by atoms with Crippen molar-refractivity contribution in [2.45, 2.75) is 33.1 Å².